The monoisotopic (exact) mass is 580 g/mol. The Morgan fingerprint density at radius 3 is 2.15 bits per heavy atom. The third kappa shape index (κ3) is 11.3. The first kappa shape index (κ1) is 32.8. The number of carbonyl (C=O) groups is 2. The molecule has 1 aromatic rings. The first-order chi connectivity index (χ1) is 18.4. The third-order valence-electron chi connectivity index (χ3n) is 6.39. The van der Waals surface area contributed by atoms with E-state index in [1.54, 1.807) is 24.3 Å². The second-order valence-corrected chi connectivity index (χ2v) is 11.2. The van der Waals surface area contributed by atoms with Gasteiger partial charge in [0.15, 0.2) is 0 Å². The van der Waals surface area contributed by atoms with Crippen molar-refractivity contribution in [1.82, 2.24) is 19.4 Å². The Balaban J connectivity index is 0.000000673. The molecule has 2 N–H and O–H groups in total. The van der Waals surface area contributed by atoms with E-state index < -0.39 is 22.2 Å². The van der Waals surface area contributed by atoms with Gasteiger partial charge in [-0.15, -0.1) is 0 Å². The number of ether oxygens (including phenoxy) is 1. The van der Waals surface area contributed by atoms with Gasteiger partial charge >= 0.3 is 12.1 Å². The van der Waals surface area contributed by atoms with Gasteiger partial charge in [0.05, 0.1) is 11.5 Å². The molecule has 10 nitrogen and oxygen atoms in total. The minimum atomic E-state index is -5.08. The number of benzene rings is 1. The highest BCUT2D eigenvalue weighted by Crippen LogP contribution is 2.21. The number of alkyl halides is 3. The number of rotatable bonds is 11. The van der Waals surface area contributed by atoms with Crippen LogP contribution in [0.2, 0.25) is 0 Å². The summed E-state index contributed by atoms with van der Waals surface area (Å²) in [5.41, 5.74) is 0. The number of nitrogens with one attached hydrogen (secondary N) is 1. The molecular formula is C25H39F3N4O6S. The minimum Gasteiger partial charge on any atom is -0.494 e. The van der Waals surface area contributed by atoms with Crippen molar-refractivity contribution in [2.45, 2.75) is 50.1 Å². The topological polar surface area (TPSA) is 119 Å². The molecule has 2 aliphatic heterocycles. The maximum atomic E-state index is 13.4. The number of sulfonamides is 1. The van der Waals surface area contributed by atoms with Gasteiger partial charge < -0.3 is 25.0 Å². The number of aliphatic carboxylic acids is 1. The van der Waals surface area contributed by atoms with E-state index in [-0.39, 0.29) is 23.8 Å². The molecule has 1 aromatic carbocycles. The molecule has 0 aliphatic carbocycles. The van der Waals surface area contributed by atoms with Gasteiger partial charge in [0.2, 0.25) is 15.9 Å². The predicted molar refractivity (Wildman–Crippen MR) is 139 cm³/mol. The Morgan fingerprint density at radius 1 is 1.03 bits per heavy atom. The van der Waals surface area contributed by atoms with Crippen molar-refractivity contribution in [2.24, 2.45) is 0 Å². The molecule has 39 heavy (non-hydrogen) atoms. The first-order valence-electron chi connectivity index (χ1n) is 13.2. The Morgan fingerprint density at radius 2 is 1.62 bits per heavy atom. The molecule has 0 saturated carbocycles. The van der Waals surface area contributed by atoms with Crippen LogP contribution in [0.1, 0.15) is 39.0 Å². The van der Waals surface area contributed by atoms with Crippen molar-refractivity contribution < 1.29 is 41.0 Å². The van der Waals surface area contributed by atoms with Crippen molar-refractivity contribution in [2.75, 3.05) is 65.5 Å². The number of piperidine rings is 1. The molecule has 14 heteroatoms. The number of amides is 1. The Labute approximate surface area is 228 Å². The lowest BCUT2D eigenvalue weighted by molar-refractivity contribution is -0.192. The fraction of sp³-hybridized carbons (Fsp3) is 0.680. The Bertz CT molecular complexity index is 996. The van der Waals surface area contributed by atoms with Gasteiger partial charge in [-0.1, -0.05) is 6.42 Å². The summed E-state index contributed by atoms with van der Waals surface area (Å²) in [5, 5.41) is 10.4. The summed E-state index contributed by atoms with van der Waals surface area (Å²) in [5.74, 6) is -2.08. The smallest absolute Gasteiger partial charge is 0.490 e. The van der Waals surface area contributed by atoms with Gasteiger partial charge in [0.25, 0.3) is 0 Å². The molecule has 0 atom stereocenters. The fourth-order valence-electron chi connectivity index (χ4n) is 4.32. The number of carboxylic acids is 1. The highest BCUT2D eigenvalue weighted by Gasteiger charge is 2.38. The molecule has 1 amide bonds. The van der Waals surface area contributed by atoms with Gasteiger partial charge in [-0.3, -0.25) is 4.79 Å². The van der Waals surface area contributed by atoms with Crippen LogP contribution in [-0.4, -0.2) is 111 Å². The molecule has 0 aromatic heterocycles. The van der Waals surface area contributed by atoms with Crippen LogP contribution in [0.3, 0.4) is 0 Å². The predicted octanol–water partition coefficient (Wildman–Crippen LogP) is 2.41. The van der Waals surface area contributed by atoms with Crippen LogP contribution in [0.15, 0.2) is 29.2 Å². The molecule has 2 aliphatic rings. The van der Waals surface area contributed by atoms with Crippen molar-refractivity contribution in [3.05, 3.63) is 24.3 Å². The van der Waals surface area contributed by atoms with Crippen LogP contribution in [0.5, 0.6) is 5.75 Å². The summed E-state index contributed by atoms with van der Waals surface area (Å²) in [6, 6.07) is 6.56. The summed E-state index contributed by atoms with van der Waals surface area (Å²) < 4.78 is 65.5. The minimum absolute atomic E-state index is 0.0226. The molecule has 0 spiro atoms. The van der Waals surface area contributed by atoms with Gasteiger partial charge in [0.1, 0.15) is 5.75 Å². The molecular weight excluding hydrogens is 541 g/mol. The van der Waals surface area contributed by atoms with E-state index >= 15 is 0 Å². The highest BCUT2D eigenvalue weighted by atomic mass is 32.2. The average Bonchev–Trinajstić information content (AvgIpc) is 2.91. The van der Waals surface area contributed by atoms with Crippen LogP contribution in [0.25, 0.3) is 0 Å². The number of carboxylic acid groups (broad SMARTS) is 1. The summed E-state index contributed by atoms with van der Waals surface area (Å²) in [4.78, 5) is 26.0. The molecule has 0 unspecified atom stereocenters. The second-order valence-electron chi connectivity index (χ2n) is 9.25. The summed E-state index contributed by atoms with van der Waals surface area (Å²) in [7, 11) is -3.69. The van der Waals surface area contributed by atoms with Crippen molar-refractivity contribution >= 4 is 21.9 Å². The van der Waals surface area contributed by atoms with E-state index in [9.17, 15) is 26.4 Å². The zero-order valence-corrected chi connectivity index (χ0v) is 23.1. The van der Waals surface area contributed by atoms with Crippen LogP contribution in [-0.2, 0) is 19.6 Å². The summed E-state index contributed by atoms with van der Waals surface area (Å²) in [6.45, 7) is 9.05. The number of likely N-dealkylation sites (tertiary alicyclic amines) is 1. The maximum Gasteiger partial charge on any atom is 0.490 e. The molecule has 2 saturated heterocycles. The molecule has 0 radical (unpaired) electrons. The van der Waals surface area contributed by atoms with Gasteiger partial charge in [-0.25, -0.2) is 13.2 Å². The van der Waals surface area contributed by atoms with Crippen LogP contribution >= 0.6 is 0 Å². The number of halogens is 3. The van der Waals surface area contributed by atoms with Crippen LogP contribution in [0, 0.1) is 0 Å². The molecule has 2 heterocycles. The maximum absolute atomic E-state index is 13.4. The lowest BCUT2D eigenvalue weighted by Gasteiger charge is -2.30. The fourth-order valence-corrected chi connectivity index (χ4v) is 5.80. The zero-order chi connectivity index (χ0) is 28.9. The average molecular weight is 581 g/mol. The lowest BCUT2D eigenvalue weighted by atomic mass is 10.1. The SMILES string of the molecule is CCOc1ccc(S(=O)(=O)N(CCCN2CCCCC2)CCC(=O)N2CCNCC2)cc1.O=C(O)C(F)(F)F. The number of carbonyl (C=O) groups excluding carboxylic acids is 1. The van der Waals surface area contributed by atoms with Gasteiger partial charge in [-0.2, -0.15) is 17.5 Å². The van der Waals surface area contributed by atoms with E-state index in [2.05, 4.69) is 10.2 Å². The van der Waals surface area contributed by atoms with Gasteiger partial charge in [0, 0.05) is 45.7 Å². The lowest BCUT2D eigenvalue weighted by Crippen LogP contribution is -2.47. The second kappa shape index (κ2) is 16.0. The largest absolute Gasteiger partial charge is 0.494 e. The first-order valence-corrected chi connectivity index (χ1v) is 14.6. The number of nitrogens with zero attached hydrogens (tertiary/aromatic N) is 3. The Hall–Kier alpha value is -2.42. The van der Waals surface area contributed by atoms with E-state index in [0.29, 0.717) is 32.0 Å². The molecule has 2 fully saturated rings. The van der Waals surface area contributed by atoms with Crippen molar-refractivity contribution in [3.8, 4) is 5.75 Å². The van der Waals surface area contributed by atoms with Crippen molar-refractivity contribution in [3.63, 3.8) is 0 Å². The van der Waals surface area contributed by atoms with Gasteiger partial charge in [-0.05, 0) is 70.1 Å². The van der Waals surface area contributed by atoms with E-state index in [1.165, 1.54) is 23.6 Å². The van der Waals surface area contributed by atoms with E-state index in [1.807, 2.05) is 11.8 Å². The summed E-state index contributed by atoms with van der Waals surface area (Å²) in [6.07, 6.45) is -0.401. The number of hydrogen-bond donors (Lipinski definition) is 2. The molecule has 222 valence electrons. The zero-order valence-electron chi connectivity index (χ0n) is 22.3. The highest BCUT2D eigenvalue weighted by molar-refractivity contribution is 7.89. The number of hydrogen-bond acceptors (Lipinski definition) is 7. The van der Waals surface area contributed by atoms with Crippen molar-refractivity contribution in [1.29, 1.82) is 0 Å². The summed E-state index contributed by atoms with van der Waals surface area (Å²) >= 11 is 0. The quantitative estimate of drug-likeness (QED) is 0.410. The standard InChI is InChI=1S/C23H38N4O4S.C2HF3O2/c1-2-31-21-7-9-22(10-8-21)32(29,30)27(17-6-16-25-14-4-3-5-15-25)18-11-23(28)26-19-12-24-13-20-26;3-2(4,5)1(6)7/h7-10,24H,2-6,11-20H2,1H3;(H,6,7). The number of piperazine rings is 1. The van der Waals surface area contributed by atoms with E-state index in [4.69, 9.17) is 14.6 Å². The Kier molecular flexibility index (Phi) is 13.4. The molecule has 3 rings (SSSR count). The van der Waals surface area contributed by atoms with Crippen LogP contribution < -0.4 is 10.1 Å². The molecule has 0 bridgehead atoms. The third-order valence-corrected chi connectivity index (χ3v) is 8.30. The van der Waals surface area contributed by atoms with E-state index in [0.717, 1.165) is 39.1 Å². The van der Waals surface area contributed by atoms with Crippen LogP contribution in [0.4, 0.5) is 13.2 Å². The normalized spacial score (nSPS) is 16.9.